The third-order valence-electron chi connectivity index (χ3n) is 6.23. The molecule has 3 N–H and O–H groups in total. The molecule has 1 aliphatic rings. The standard InChI is InChI=1S/C25H28O9/c1-24(2)8-6-12-15(33-24)11-17-19(20(12)27)21(28)18-13(7-9-25(3,4)34-23(29)30)22(31-5)14(26)10-16(18)32-17/h10-11,26-27H,6-9H2,1-5H3,(H,29,30). The Hall–Kier alpha value is -3.62. The lowest BCUT2D eigenvalue weighted by molar-refractivity contribution is -0.000759. The van der Waals surface area contributed by atoms with Gasteiger partial charge in [-0.25, -0.2) is 4.79 Å². The van der Waals surface area contributed by atoms with E-state index in [2.05, 4.69) is 0 Å². The number of fused-ring (bicyclic) bond motifs is 3. The van der Waals surface area contributed by atoms with Crippen LogP contribution in [-0.4, -0.2) is 39.8 Å². The highest BCUT2D eigenvalue weighted by Crippen LogP contribution is 2.44. The zero-order valence-corrected chi connectivity index (χ0v) is 19.8. The van der Waals surface area contributed by atoms with Crippen LogP contribution in [0.1, 0.15) is 51.7 Å². The second-order valence-corrected chi connectivity index (χ2v) is 9.78. The van der Waals surface area contributed by atoms with Gasteiger partial charge in [0.1, 0.15) is 39.3 Å². The molecule has 34 heavy (non-hydrogen) atoms. The van der Waals surface area contributed by atoms with Crippen LogP contribution in [0.4, 0.5) is 4.79 Å². The summed E-state index contributed by atoms with van der Waals surface area (Å²) in [6.07, 6.45) is 0.138. The molecule has 0 unspecified atom stereocenters. The van der Waals surface area contributed by atoms with Gasteiger partial charge in [0.25, 0.3) is 0 Å². The maximum Gasteiger partial charge on any atom is 0.506 e. The molecule has 4 rings (SSSR count). The third-order valence-corrected chi connectivity index (χ3v) is 6.23. The van der Waals surface area contributed by atoms with E-state index in [0.717, 1.165) is 0 Å². The van der Waals surface area contributed by atoms with Gasteiger partial charge in [0.05, 0.1) is 12.5 Å². The molecule has 0 aliphatic carbocycles. The second kappa shape index (κ2) is 8.00. The molecule has 0 atom stereocenters. The Balaban J connectivity index is 1.95. The highest BCUT2D eigenvalue weighted by atomic mass is 16.7. The molecule has 9 nitrogen and oxygen atoms in total. The van der Waals surface area contributed by atoms with E-state index in [4.69, 9.17) is 23.7 Å². The zero-order valence-electron chi connectivity index (χ0n) is 19.8. The molecule has 0 saturated carbocycles. The van der Waals surface area contributed by atoms with Crippen LogP contribution < -0.4 is 14.9 Å². The van der Waals surface area contributed by atoms with Crippen LogP contribution >= 0.6 is 0 Å². The fourth-order valence-electron chi connectivity index (χ4n) is 4.50. The van der Waals surface area contributed by atoms with Crippen molar-refractivity contribution in [1.82, 2.24) is 0 Å². The van der Waals surface area contributed by atoms with Crippen molar-refractivity contribution >= 4 is 28.1 Å². The summed E-state index contributed by atoms with van der Waals surface area (Å²) in [6.45, 7) is 7.10. The number of phenols is 2. The first-order chi connectivity index (χ1) is 15.8. The van der Waals surface area contributed by atoms with Crippen molar-refractivity contribution < 1.29 is 38.7 Å². The fraction of sp³-hybridized carbons (Fsp3) is 0.440. The predicted molar refractivity (Wildman–Crippen MR) is 124 cm³/mol. The Kier molecular flexibility index (Phi) is 5.54. The minimum Gasteiger partial charge on any atom is -0.507 e. The summed E-state index contributed by atoms with van der Waals surface area (Å²) < 4.78 is 22.3. The van der Waals surface area contributed by atoms with Crippen molar-refractivity contribution in [2.24, 2.45) is 0 Å². The molecule has 2 heterocycles. The van der Waals surface area contributed by atoms with Crippen molar-refractivity contribution in [3.8, 4) is 23.0 Å². The minimum atomic E-state index is -1.41. The molecule has 0 amide bonds. The van der Waals surface area contributed by atoms with Crippen LogP contribution in [0.2, 0.25) is 0 Å². The first kappa shape index (κ1) is 23.5. The first-order valence-corrected chi connectivity index (χ1v) is 11.0. The van der Waals surface area contributed by atoms with Crippen molar-refractivity contribution in [3.63, 3.8) is 0 Å². The van der Waals surface area contributed by atoms with E-state index < -0.39 is 22.8 Å². The van der Waals surface area contributed by atoms with Crippen molar-refractivity contribution in [2.45, 2.75) is 64.6 Å². The van der Waals surface area contributed by atoms with Gasteiger partial charge in [-0.05, 0) is 53.4 Å². The highest BCUT2D eigenvalue weighted by Gasteiger charge is 2.32. The molecule has 2 aromatic carbocycles. The van der Waals surface area contributed by atoms with Gasteiger partial charge in [-0.15, -0.1) is 0 Å². The number of carboxylic acid groups (broad SMARTS) is 1. The van der Waals surface area contributed by atoms with Crippen LogP contribution in [0.25, 0.3) is 21.9 Å². The van der Waals surface area contributed by atoms with Gasteiger partial charge in [0, 0.05) is 23.3 Å². The van der Waals surface area contributed by atoms with Crippen molar-refractivity contribution in [3.05, 3.63) is 33.5 Å². The summed E-state index contributed by atoms with van der Waals surface area (Å²) in [4.78, 5) is 24.7. The predicted octanol–water partition coefficient (Wildman–Crippen LogP) is 4.88. The first-order valence-electron chi connectivity index (χ1n) is 11.0. The molecular weight excluding hydrogens is 444 g/mol. The van der Waals surface area contributed by atoms with E-state index in [1.165, 1.54) is 13.2 Å². The van der Waals surface area contributed by atoms with Crippen molar-refractivity contribution in [2.75, 3.05) is 7.11 Å². The molecule has 182 valence electrons. The number of carbonyl (C=O) groups is 1. The molecule has 0 radical (unpaired) electrons. The van der Waals surface area contributed by atoms with Crippen LogP contribution in [-0.2, 0) is 17.6 Å². The van der Waals surface area contributed by atoms with Gasteiger partial charge in [-0.3, -0.25) is 4.79 Å². The SMILES string of the molecule is COc1c(O)cc2oc3cc4c(c(O)c3c(=O)c2c1CCC(C)(C)OC(=O)O)CCC(C)(C)O4. The Morgan fingerprint density at radius 1 is 1.18 bits per heavy atom. The summed E-state index contributed by atoms with van der Waals surface area (Å²) in [5.41, 5.74) is -0.836. The molecule has 0 spiro atoms. The largest absolute Gasteiger partial charge is 0.507 e. The number of ether oxygens (including phenoxy) is 3. The number of rotatable bonds is 5. The van der Waals surface area contributed by atoms with Gasteiger partial charge < -0.3 is 33.9 Å². The average Bonchev–Trinajstić information content (AvgIpc) is 2.69. The van der Waals surface area contributed by atoms with E-state index in [-0.39, 0.29) is 52.0 Å². The van der Waals surface area contributed by atoms with E-state index in [9.17, 15) is 19.8 Å². The lowest BCUT2D eigenvalue weighted by Crippen LogP contribution is -2.32. The molecule has 0 saturated heterocycles. The number of benzene rings is 2. The normalized spacial score (nSPS) is 15.1. The molecular formula is C25H28O9. The Morgan fingerprint density at radius 2 is 1.85 bits per heavy atom. The topological polar surface area (TPSA) is 136 Å². The van der Waals surface area contributed by atoms with Crippen molar-refractivity contribution in [1.29, 1.82) is 0 Å². The number of aryl methyl sites for hydroxylation is 1. The quantitative estimate of drug-likeness (QED) is 0.351. The fourth-order valence-corrected chi connectivity index (χ4v) is 4.50. The van der Waals surface area contributed by atoms with E-state index >= 15 is 0 Å². The summed E-state index contributed by atoms with van der Waals surface area (Å²) in [5, 5.41) is 30.7. The van der Waals surface area contributed by atoms with Crippen LogP contribution in [0.15, 0.2) is 21.3 Å². The van der Waals surface area contributed by atoms with Gasteiger partial charge in [-0.2, -0.15) is 0 Å². The monoisotopic (exact) mass is 472 g/mol. The third kappa shape index (κ3) is 4.06. The molecule has 3 aromatic rings. The number of hydrogen-bond donors (Lipinski definition) is 3. The summed E-state index contributed by atoms with van der Waals surface area (Å²) in [5.74, 6) is 0.109. The number of phenolic OH excluding ortho intramolecular Hbond substituents is 2. The highest BCUT2D eigenvalue weighted by molar-refractivity contribution is 5.97. The van der Waals surface area contributed by atoms with Crippen LogP contribution in [0, 0.1) is 0 Å². The summed E-state index contributed by atoms with van der Waals surface area (Å²) >= 11 is 0. The maximum atomic E-state index is 13.7. The van der Waals surface area contributed by atoms with Crippen LogP contribution in [0.5, 0.6) is 23.0 Å². The Morgan fingerprint density at radius 3 is 2.50 bits per heavy atom. The van der Waals surface area contributed by atoms with Gasteiger partial charge in [0.15, 0.2) is 11.5 Å². The lowest BCUT2D eigenvalue weighted by Gasteiger charge is -2.33. The molecule has 0 bridgehead atoms. The molecule has 1 aliphatic heterocycles. The Bertz CT molecular complexity index is 1370. The molecule has 0 fully saturated rings. The van der Waals surface area contributed by atoms with E-state index in [1.807, 2.05) is 13.8 Å². The van der Waals surface area contributed by atoms with E-state index in [1.54, 1.807) is 19.9 Å². The van der Waals surface area contributed by atoms with Gasteiger partial charge >= 0.3 is 6.16 Å². The second-order valence-electron chi connectivity index (χ2n) is 9.78. The Labute approximate surface area is 195 Å². The zero-order chi connectivity index (χ0) is 25.0. The number of hydrogen-bond acceptors (Lipinski definition) is 8. The number of aromatic hydroxyl groups is 2. The lowest BCUT2D eigenvalue weighted by atomic mass is 9.91. The van der Waals surface area contributed by atoms with Gasteiger partial charge in [0.2, 0.25) is 5.43 Å². The summed E-state index contributed by atoms with van der Waals surface area (Å²) in [7, 11) is 1.36. The van der Waals surface area contributed by atoms with E-state index in [0.29, 0.717) is 29.7 Å². The molecule has 1 aromatic heterocycles. The maximum absolute atomic E-state index is 13.7. The minimum absolute atomic E-state index is 0.0181. The average molecular weight is 472 g/mol. The smallest absolute Gasteiger partial charge is 0.506 e. The molecule has 9 heteroatoms. The summed E-state index contributed by atoms with van der Waals surface area (Å²) in [6, 6.07) is 2.88. The van der Waals surface area contributed by atoms with Crippen LogP contribution in [0.3, 0.4) is 0 Å². The van der Waals surface area contributed by atoms with Gasteiger partial charge in [-0.1, -0.05) is 0 Å². The number of methoxy groups -OCH3 is 1.